The van der Waals surface area contributed by atoms with Crippen LogP contribution in [0.2, 0.25) is 0 Å². The molecule has 0 radical (unpaired) electrons. The highest BCUT2D eigenvalue weighted by Crippen LogP contribution is 2.19. The smallest absolute Gasteiger partial charge is 0.333 e. The highest BCUT2D eigenvalue weighted by Gasteiger charge is 2.08. The Morgan fingerprint density at radius 2 is 1.67 bits per heavy atom. The van der Waals surface area contributed by atoms with E-state index in [9.17, 15) is 4.79 Å². The summed E-state index contributed by atoms with van der Waals surface area (Å²) in [5, 5.41) is 0. The molecular formula is C13H16O2. The van der Waals surface area contributed by atoms with E-state index >= 15 is 0 Å². The Morgan fingerprint density at radius 1 is 1.13 bits per heavy atom. The lowest BCUT2D eigenvalue weighted by molar-refractivity contribution is -0.135. The van der Waals surface area contributed by atoms with Crippen LogP contribution in [0.5, 0.6) is 0 Å². The molecule has 1 aromatic rings. The third-order valence-corrected chi connectivity index (χ3v) is 2.54. The molecule has 0 unspecified atom stereocenters. The summed E-state index contributed by atoms with van der Waals surface area (Å²) in [4.78, 5) is 11.3. The van der Waals surface area contributed by atoms with Crippen molar-refractivity contribution in [1.29, 1.82) is 0 Å². The monoisotopic (exact) mass is 204 g/mol. The average Bonchev–Trinajstić information content (AvgIpc) is 2.27. The maximum Gasteiger partial charge on any atom is 0.333 e. The molecule has 0 bridgehead atoms. The van der Waals surface area contributed by atoms with Gasteiger partial charge >= 0.3 is 5.97 Å². The highest BCUT2D eigenvalue weighted by molar-refractivity contribution is 5.96. The van der Waals surface area contributed by atoms with Crippen LogP contribution in [0.3, 0.4) is 0 Å². The Hall–Kier alpha value is -1.57. The summed E-state index contributed by atoms with van der Waals surface area (Å²) in [7, 11) is 1.40. The SMILES string of the molecule is COC(=O)/C(C)=C(/C)c1ccc(C)cc1. The average molecular weight is 204 g/mol. The summed E-state index contributed by atoms with van der Waals surface area (Å²) in [5.74, 6) is -0.270. The van der Waals surface area contributed by atoms with Gasteiger partial charge in [0.25, 0.3) is 0 Å². The van der Waals surface area contributed by atoms with Gasteiger partial charge in [-0.05, 0) is 31.9 Å². The minimum Gasteiger partial charge on any atom is -0.466 e. The molecule has 0 saturated carbocycles. The fourth-order valence-corrected chi connectivity index (χ4v) is 1.33. The minimum atomic E-state index is -0.270. The van der Waals surface area contributed by atoms with E-state index in [0.29, 0.717) is 5.57 Å². The number of hydrogen-bond donors (Lipinski definition) is 0. The Balaban J connectivity index is 3.07. The summed E-state index contributed by atoms with van der Waals surface area (Å²) in [6.07, 6.45) is 0. The van der Waals surface area contributed by atoms with Crippen molar-refractivity contribution in [1.82, 2.24) is 0 Å². The first-order chi connectivity index (χ1) is 7.06. The molecule has 0 spiro atoms. The molecule has 1 aromatic carbocycles. The van der Waals surface area contributed by atoms with E-state index in [4.69, 9.17) is 0 Å². The van der Waals surface area contributed by atoms with Gasteiger partial charge in [0.05, 0.1) is 7.11 Å². The van der Waals surface area contributed by atoms with Crippen LogP contribution in [-0.2, 0) is 9.53 Å². The molecule has 15 heavy (non-hydrogen) atoms. The number of rotatable bonds is 2. The summed E-state index contributed by atoms with van der Waals surface area (Å²) < 4.78 is 4.68. The molecule has 0 amide bonds. The molecule has 2 nitrogen and oxygen atoms in total. The predicted octanol–water partition coefficient (Wildman–Crippen LogP) is 2.96. The second-order valence-corrected chi connectivity index (χ2v) is 3.61. The van der Waals surface area contributed by atoms with Crippen LogP contribution >= 0.6 is 0 Å². The van der Waals surface area contributed by atoms with E-state index in [1.54, 1.807) is 6.92 Å². The fourth-order valence-electron chi connectivity index (χ4n) is 1.33. The molecule has 80 valence electrons. The third kappa shape index (κ3) is 2.69. The number of hydrogen-bond acceptors (Lipinski definition) is 2. The first kappa shape index (κ1) is 11.5. The van der Waals surface area contributed by atoms with Crippen molar-refractivity contribution in [2.24, 2.45) is 0 Å². The molecule has 0 aromatic heterocycles. The van der Waals surface area contributed by atoms with Crippen LogP contribution in [0.25, 0.3) is 5.57 Å². The quantitative estimate of drug-likeness (QED) is 0.547. The molecule has 1 rings (SSSR count). The Labute approximate surface area is 90.6 Å². The van der Waals surface area contributed by atoms with Gasteiger partial charge in [-0.2, -0.15) is 0 Å². The second kappa shape index (κ2) is 4.78. The van der Waals surface area contributed by atoms with Gasteiger partial charge in [0.1, 0.15) is 0 Å². The van der Waals surface area contributed by atoms with Gasteiger partial charge in [-0.15, -0.1) is 0 Å². The Bertz CT molecular complexity index is 386. The van der Waals surface area contributed by atoms with Crippen LogP contribution in [0.15, 0.2) is 29.8 Å². The number of carbonyl (C=O) groups excluding carboxylic acids is 1. The van der Waals surface area contributed by atoms with E-state index in [1.165, 1.54) is 12.7 Å². The summed E-state index contributed by atoms with van der Waals surface area (Å²) in [6, 6.07) is 8.08. The van der Waals surface area contributed by atoms with E-state index in [1.807, 2.05) is 38.1 Å². The molecule has 0 fully saturated rings. The zero-order chi connectivity index (χ0) is 11.4. The standard InChI is InChI=1S/C13H16O2/c1-9-5-7-12(8-6-9)10(2)11(3)13(14)15-4/h5-8H,1-4H3/b11-10-. The van der Waals surface area contributed by atoms with Crippen LogP contribution in [0.1, 0.15) is 25.0 Å². The molecule has 0 N–H and O–H groups in total. The van der Waals surface area contributed by atoms with E-state index in [-0.39, 0.29) is 5.97 Å². The highest BCUT2D eigenvalue weighted by atomic mass is 16.5. The number of methoxy groups -OCH3 is 1. The zero-order valence-corrected chi connectivity index (χ0v) is 9.63. The van der Waals surface area contributed by atoms with E-state index in [0.717, 1.165) is 11.1 Å². The fraction of sp³-hybridized carbons (Fsp3) is 0.308. The van der Waals surface area contributed by atoms with Crippen LogP contribution < -0.4 is 0 Å². The Kier molecular flexibility index (Phi) is 3.67. The van der Waals surface area contributed by atoms with Crippen molar-refractivity contribution in [3.05, 3.63) is 41.0 Å². The molecular weight excluding hydrogens is 188 g/mol. The number of esters is 1. The van der Waals surface area contributed by atoms with Gasteiger partial charge in [0.2, 0.25) is 0 Å². The summed E-state index contributed by atoms with van der Waals surface area (Å²) in [5.41, 5.74) is 3.88. The maximum atomic E-state index is 11.3. The van der Waals surface area contributed by atoms with Crippen molar-refractivity contribution >= 4 is 11.5 Å². The number of aryl methyl sites for hydroxylation is 1. The van der Waals surface area contributed by atoms with Crippen molar-refractivity contribution < 1.29 is 9.53 Å². The number of allylic oxidation sites excluding steroid dienone is 1. The Morgan fingerprint density at radius 3 is 2.13 bits per heavy atom. The lowest BCUT2D eigenvalue weighted by Gasteiger charge is -2.06. The minimum absolute atomic E-state index is 0.270. The molecule has 0 aliphatic heterocycles. The molecule has 0 heterocycles. The third-order valence-electron chi connectivity index (χ3n) is 2.54. The van der Waals surface area contributed by atoms with Gasteiger partial charge in [-0.25, -0.2) is 4.79 Å². The normalized spacial score (nSPS) is 12.0. The lowest BCUT2D eigenvalue weighted by Crippen LogP contribution is -2.03. The first-order valence-electron chi connectivity index (χ1n) is 4.89. The summed E-state index contributed by atoms with van der Waals surface area (Å²) >= 11 is 0. The summed E-state index contributed by atoms with van der Waals surface area (Å²) in [6.45, 7) is 5.74. The molecule has 2 heteroatoms. The lowest BCUT2D eigenvalue weighted by atomic mass is 10.0. The van der Waals surface area contributed by atoms with Gasteiger partial charge in [-0.3, -0.25) is 0 Å². The van der Waals surface area contributed by atoms with E-state index in [2.05, 4.69) is 4.74 Å². The number of ether oxygens (including phenoxy) is 1. The van der Waals surface area contributed by atoms with Crippen LogP contribution in [0.4, 0.5) is 0 Å². The topological polar surface area (TPSA) is 26.3 Å². The van der Waals surface area contributed by atoms with Gasteiger partial charge < -0.3 is 4.74 Å². The van der Waals surface area contributed by atoms with Gasteiger partial charge in [0, 0.05) is 5.57 Å². The predicted molar refractivity (Wildman–Crippen MR) is 61.5 cm³/mol. The van der Waals surface area contributed by atoms with Crippen molar-refractivity contribution in [3.63, 3.8) is 0 Å². The van der Waals surface area contributed by atoms with Crippen molar-refractivity contribution in [2.75, 3.05) is 7.11 Å². The van der Waals surface area contributed by atoms with Gasteiger partial charge in [-0.1, -0.05) is 29.8 Å². The van der Waals surface area contributed by atoms with Crippen molar-refractivity contribution in [2.45, 2.75) is 20.8 Å². The van der Waals surface area contributed by atoms with Crippen LogP contribution in [-0.4, -0.2) is 13.1 Å². The number of benzene rings is 1. The largest absolute Gasteiger partial charge is 0.466 e. The molecule has 0 aliphatic rings. The molecule has 0 saturated heterocycles. The molecule has 0 atom stereocenters. The van der Waals surface area contributed by atoms with E-state index < -0.39 is 0 Å². The van der Waals surface area contributed by atoms with Crippen LogP contribution in [0, 0.1) is 6.92 Å². The van der Waals surface area contributed by atoms with Crippen molar-refractivity contribution in [3.8, 4) is 0 Å². The van der Waals surface area contributed by atoms with Gasteiger partial charge in [0.15, 0.2) is 0 Å². The second-order valence-electron chi connectivity index (χ2n) is 3.61. The maximum absolute atomic E-state index is 11.3. The molecule has 0 aliphatic carbocycles. The number of carbonyl (C=O) groups is 1. The first-order valence-corrected chi connectivity index (χ1v) is 4.89. The zero-order valence-electron chi connectivity index (χ0n) is 9.63.